The number of carbonyl (C=O) groups excluding carboxylic acids is 1. The third-order valence-corrected chi connectivity index (χ3v) is 3.50. The second-order valence-electron chi connectivity index (χ2n) is 5.16. The van der Waals surface area contributed by atoms with Gasteiger partial charge in [0.2, 0.25) is 5.91 Å². The minimum absolute atomic E-state index is 0.0465. The maximum Gasteiger partial charge on any atom is 0.387 e. The van der Waals surface area contributed by atoms with Crippen LogP contribution in [-0.2, 0) is 4.79 Å². The van der Waals surface area contributed by atoms with Crippen molar-refractivity contribution in [2.45, 2.75) is 44.8 Å². The molecule has 6 heteroatoms. The molecule has 2 N–H and O–H groups in total. The van der Waals surface area contributed by atoms with Crippen LogP contribution in [0.3, 0.4) is 0 Å². The van der Waals surface area contributed by atoms with Crippen LogP contribution < -0.4 is 15.4 Å². The van der Waals surface area contributed by atoms with Crippen LogP contribution in [0, 0.1) is 0 Å². The van der Waals surface area contributed by atoms with Crippen molar-refractivity contribution >= 4 is 11.6 Å². The first-order chi connectivity index (χ1) is 10.1. The molecule has 0 unspecified atom stereocenters. The molecule has 0 aliphatic heterocycles. The standard InChI is InChI=1S/C15H20F2N2O2/c16-15(17)21-13-8-6-11(7-9-13)18-10-14(20)19-12-4-2-1-3-5-12/h6-9,12,15,18H,1-5,10H2,(H,19,20). The summed E-state index contributed by atoms with van der Waals surface area (Å²) in [6.07, 6.45) is 5.68. The summed E-state index contributed by atoms with van der Waals surface area (Å²) in [5, 5.41) is 5.96. The molecule has 0 saturated heterocycles. The summed E-state index contributed by atoms with van der Waals surface area (Å²) in [7, 11) is 0. The number of benzene rings is 1. The number of amides is 1. The van der Waals surface area contributed by atoms with Gasteiger partial charge in [-0.05, 0) is 37.1 Å². The fraction of sp³-hybridized carbons (Fsp3) is 0.533. The summed E-state index contributed by atoms with van der Waals surface area (Å²) >= 11 is 0. The molecule has 0 radical (unpaired) electrons. The van der Waals surface area contributed by atoms with Crippen LogP contribution in [0.4, 0.5) is 14.5 Å². The van der Waals surface area contributed by atoms with Gasteiger partial charge in [-0.15, -0.1) is 0 Å². The van der Waals surface area contributed by atoms with Gasteiger partial charge in [-0.1, -0.05) is 19.3 Å². The number of nitrogens with one attached hydrogen (secondary N) is 2. The molecule has 116 valence electrons. The molecule has 1 aliphatic rings. The van der Waals surface area contributed by atoms with Gasteiger partial charge >= 0.3 is 6.61 Å². The maximum absolute atomic E-state index is 12.0. The predicted octanol–water partition coefficient (Wildman–Crippen LogP) is 3.15. The highest BCUT2D eigenvalue weighted by atomic mass is 19.3. The first-order valence-corrected chi connectivity index (χ1v) is 7.21. The predicted molar refractivity (Wildman–Crippen MR) is 76.6 cm³/mol. The second kappa shape index (κ2) is 7.81. The largest absolute Gasteiger partial charge is 0.435 e. The van der Waals surface area contributed by atoms with Crippen LogP contribution in [0.5, 0.6) is 5.75 Å². The fourth-order valence-electron chi connectivity index (χ4n) is 2.46. The lowest BCUT2D eigenvalue weighted by Gasteiger charge is -2.22. The summed E-state index contributed by atoms with van der Waals surface area (Å²) in [6.45, 7) is -2.66. The van der Waals surface area contributed by atoms with E-state index in [0.29, 0.717) is 5.69 Å². The lowest BCUT2D eigenvalue weighted by atomic mass is 9.95. The highest BCUT2D eigenvalue weighted by Crippen LogP contribution is 2.18. The molecule has 1 amide bonds. The number of hydrogen-bond donors (Lipinski definition) is 2. The van der Waals surface area contributed by atoms with Gasteiger partial charge in [-0.2, -0.15) is 8.78 Å². The molecule has 0 aromatic heterocycles. The Balaban J connectivity index is 1.73. The van der Waals surface area contributed by atoms with Crippen LogP contribution >= 0.6 is 0 Å². The van der Waals surface area contributed by atoms with Crippen LogP contribution in [-0.4, -0.2) is 25.1 Å². The van der Waals surface area contributed by atoms with Crippen LogP contribution in [0.15, 0.2) is 24.3 Å². The van der Waals surface area contributed by atoms with Crippen LogP contribution in [0.1, 0.15) is 32.1 Å². The van der Waals surface area contributed by atoms with Gasteiger partial charge in [-0.3, -0.25) is 4.79 Å². The van der Waals surface area contributed by atoms with Crippen molar-refractivity contribution in [2.24, 2.45) is 0 Å². The third kappa shape index (κ3) is 5.57. The molecule has 1 aromatic rings. The summed E-state index contributed by atoms with van der Waals surface area (Å²) in [5.41, 5.74) is 0.690. The number of rotatable bonds is 6. The molecular weight excluding hydrogens is 278 g/mol. The van der Waals surface area contributed by atoms with Gasteiger partial charge in [0, 0.05) is 11.7 Å². The van der Waals surface area contributed by atoms with Crippen molar-refractivity contribution < 1.29 is 18.3 Å². The SMILES string of the molecule is O=C(CNc1ccc(OC(F)F)cc1)NC1CCCCC1. The van der Waals surface area contributed by atoms with Gasteiger partial charge < -0.3 is 15.4 Å². The molecule has 0 atom stereocenters. The average molecular weight is 298 g/mol. The highest BCUT2D eigenvalue weighted by Gasteiger charge is 2.15. The molecule has 4 nitrogen and oxygen atoms in total. The van der Waals surface area contributed by atoms with Crippen molar-refractivity contribution in [1.29, 1.82) is 0 Å². The maximum atomic E-state index is 12.0. The summed E-state index contributed by atoms with van der Waals surface area (Å²) in [6, 6.07) is 6.37. The van der Waals surface area contributed by atoms with Gasteiger partial charge in [-0.25, -0.2) is 0 Å². The Hall–Kier alpha value is -1.85. The summed E-state index contributed by atoms with van der Waals surface area (Å²) < 4.78 is 28.3. The Morgan fingerprint density at radius 3 is 2.48 bits per heavy atom. The molecule has 0 spiro atoms. The van der Waals surface area contributed by atoms with Crippen molar-refractivity contribution in [3.63, 3.8) is 0 Å². The van der Waals surface area contributed by atoms with E-state index in [9.17, 15) is 13.6 Å². The van der Waals surface area contributed by atoms with E-state index in [4.69, 9.17) is 0 Å². The van der Waals surface area contributed by atoms with Gasteiger partial charge in [0.15, 0.2) is 0 Å². The van der Waals surface area contributed by atoms with E-state index in [1.807, 2.05) is 0 Å². The third-order valence-electron chi connectivity index (χ3n) is 3.50. The van der Waals surface area contributed by atoms with Crippen molar-refractivity contribution in [3.8, 4) is 5.75 Å². The average Bonchev–Trinajstić information content (AvgIpc) is 2.47. The Labute approximate surface area is 122 Å². The van der Waals surface area contributed by atoms with Gasteiger partial charge in [0.05, 0.1) is 6.54 Å². The minimum atomic E-state index is -2.83. The molecule has 1 fully saturated rings. The molecular formula is C15H20F2N2O2. The molecule has 0 heterocycles. The van der Waals surface area contributed by atoms with E-state index in [0.717, 1.165) is 12.8 Å². The molecule has 0 bridgehead atoms. The second-order valence-corrected chi connectivity index (χ2v) is 5.16. The Morgan fingerprint density at radius 2 is 1.86 bits per heavy atom. The van der Waals surface area contributed by atoms with Gasteiger partial charge in [0.25, 0.3) is 0 Å². The molecule has 1 aliphatic carbocycles. The van der Waals surface area contributed by atoms with Crippen molar-refractivity contribution in [1.82, 2.24) is 5.32 Å². The van der Waals surface area contributed by atoms with E-state index in [1.165, 1.54) is 31.4 Å². The van der Waals surface area contributed by atoms with E-state index in [-0.39, 0.29) is 24.2 Å². The molecule has 1 aromatic carbocycles. The number of alkyl halides is 2. The number of ether oxygens (including phenoxy) is 1. The van der Waals surface area contributed by atoms with E-state index in [2.05, 4.69) is 15.4 Å². The number of anilines is 1. The molecule has 21 heavy (non-hydrogen) atoms. The highest BCUT2D eigenvalue weighted by molar-refractivity contribution is 5.81. The van der Waals surface area contributed by atoms with E-state index >= 15 is 0 Å². The zero-order valence-electron chi connectivity index (χ0n) is 11.8. The topological polar surface area (TPSA) is 50.4 Å². The number of hydrogen-bond acceptors (Lipinski definition) is 3. The zero-order chi connectivity index (χ0) is 15.1. The Morgan fingerprint density at radius 1 is 1.19 bits per heavy atom. The lowest BCUT2D eigenvalue weighted by Crippen LogP contribution is -2.39. The van der Waals surface area contributed by atoms with Crippen LogP contribution in [0.2, 0.25) is 0 Å². The Kier molecular flexibility index (Phi) is 5.78. The number of halogens is 2. The van der Waals surface area contributed by atoms with E-state index < -0.39 is 6.61 Å². The van der Waals surface area contributed by atoms with E-state index in [1.54, 1.807) is 12.1 Å². The first-order valence-electron chi connectivity index (χ1n) is 7.21. The number of carbonyl (C=O) groups is 1. The smallest absolute Gasteiger partial charge is 0.387 e. The summed E-state index contributed by atoms with van der Waals surface area (Å²) in [4.78, 5) is 11.8. The quantitative estimate of drug-likeness (QED) is 0.848. The lowest BCUT2D eigenvalue weighted by molar-refractivity contribution is -0.120. The van der Waals surface area contributed by atoms with Crippen molar-refractivity contribution in [2.75, 3.05) is 11.9 Å². The fourth-order valence-corrected chi connectivity index (χ4v) is 2.46. The first kappa shape index (κ1) is 15.5. The monoisotopic (exact) mass is 298 g/mol. The van der Waals surface area contributed by atoms with Crippen molar-refractivity contribution in [3.05, 3.63) is 24.3 Å². The molecule has 2 rings (SSSR count). The van der Waals surface area contributed by atoms with Gasteiger partial charge in [0.1, 0.15) is 5.75 Å². The van der Waals surface area contributed by atoms with Crippen LogP contribution in [0.25, 0.3) is 0 Å². The zero-order valence-corrected chi connectivity index (χ0v) is 11.8. The Bertz CT molecular complexity index is 445. The summed E-state index contributed by atoms with van der Waals surface area (Å²) in [5.74, 6) is 0.0528. The normalized spacial score (nSPS) is 15.8. The minimum Gasteiger partial charge on any atom is -0.435 e. The molecule has 1 saturated carbocycles.